The molecule has 0 spiro atoms. The second-order valence-electron chi connectivity index (χ2n) is 9.46. The van der Waals surface area contributed by atoms with Crippen LogP contribution in [0.4, 0.5) is 0 Å². The number of hydrogen-bond acceptors (Lipinski definition) is 3. The summed E-state index contributed by atoms with van der Waals surface area (Å²) in [5.41, 5.74) is 0. The first-order chi connectivity index (χ1) is 14.2. The molecule has 0 aromatic rings. The van der Waals surface area contributed by atoms with E-state index in [0.717, 1.165) is 6.42 Å². The highest BCUT2D eigenvalue weighted by Gasteiger charge is 2.35. The monoisotopic (exact) mass is 409 g/mol. The molecule has 0 bridgehead atoms. The topological polar surface area (TPSA) is 32.7 Å². The average Bonchev–Trinajstić information content (AvgIpc) is 3.11. The fourth-order valence-electron chi connectivity index (χ4n) is 4.83. The molecule has 1 heterocycles. The van der Waals surface area contributed by atoms with Gasteiger partial charge in [-0.25, -0.2) is 0 Å². The van der Waals surface area contributed by atoms with Gasteiger partial charge in [0.05, 0.1) is 12.7 Å². The van der Waals surface area contributed by atoms with Crippen molar-refractivity contribution >= 4 is 7.85 Å². The number of hydrogen-bond donors (Lipinski definition) is 1. The Morgan fingerprint density at radius 2 is 1.14 bits per heavy atom. The molecular formula is C25H52BNO2. The zero-order chi connectivity index (χ0) is 21.2. The van der Waals surface area contributed by atoms with Gasteiger partial charge < -0.3 is 9.84 Å². The van der Waals surface area contributed by atoms with Crippen LogP contribution in [0.25, 0.3) is 0 Å². The minimum atomic E-state index is 0.0214. The normalized spacial score (nSPS) is 22.0. The largest absolute Gasteiger partial charge is 0.394 e. The molecule has 1 unspecified atom stereocenters. The summed E-state index contributed by atoms with van der Waals surface area (Å²) >= 11 is 0. The molecule has 0 aromatic heterocycles. The van der Waals surface area contributed by atoms with Crippen LogP contribution in [0.5, 0.6) is 0 Å². The molecule has 3 atom stereocenters. The third kappa shape index (κ3) is 13.1. The van der Waals surface area contributed by atoms with Crippen LogP contribution >= 0.6 is 0 Å². The Kier molecular flexibility index (Phi) is 17.4. The molecule has 1 N–H and O–H groups in total. The van der Waals surface area contributed by atoms with E-state index < -0.39 is 0 Å². The third-order valence-corrected chi connectivity index (χ3v) is 6.66. The molecule has 1 rings (SSSR count). The van der Waals surface area contributed by atoms with Crippen molar-refractivity contribution in [2.45, 2.75) is 141 Å². The lowest BCUT2D eigenvalue weighted by Gasteiger charge is -2.31. The van der Waals surface area contributed by atoms with Crippen LogP contribution in [0.15, 0.2) is 0 Å². The number of unbranched alkanes of at least 4 members (excludes halogenated alkanes) is 14. The van der Waals surface area contributed by atoms with Crippen molar-refractivity contribution < 1.29 is 9.84 Å². The summed E-state index contributed by atoms with van der Waals surface area (Å²) in [5.74, 6) is 0. The third-order valence-electron chi connectivity index (χ3n) is 6.66. The first kappa shape index (κ1) is 27.0. The van der Waals surface area contributed by atoms with E-state index in [1.54, 1.807) is 0 Å². The summed E-state index contributed by atoms with van der Waals surface area (Å²) in [4.78, 5) is 2.67. The van der Waals surface area contributed by atoms with E-state index in [1.807, 2.05) is 0 Å². The first-order valence-electron chi connectivity index (χ1n) is 13.2. The smallest absolute Gasteiger partial charge is 0.139 e. The lowest BCUT2D eigenvalue weighted by atomic mass is 9.94. The highest BCUT2D eigenvalue weighted by molar-refractivity contribution is 6.11. The van der Waals surface area contributed by atoms with Crippen molar-refractivity contribution in [1.82, 2.24) is 4.90 Å². The van der Waals surface area contributed by atoms with Gasteiger partial charge in [0.1, 0.15) is 7.85 Å². The maximum Gasteiger partial charge on any atom is 0.139 e. The lowest BCUT2D eigenvalue weighted by molar-refractivity contribution is 0.00893. The fourth-order valence-corrected chi connectivity index (χ4v) is 4.83. The van der Waals surface area contributed by atoms with E-state index in [-0.39, 0.29) is 18.7 Å². The number of rotatable bonds is 20. The Morgan fingerprint density at radius 3 is 1.55 bits per heavy atom. The Labute approximate surface area is 183 Å². The molecule has 0 saturated carbocycles. The van der Waals surface area contributed by atoms with Crippen LogP contribution in [0.2, 0.25) is 0 Å². The molecule has 4 heteroatoms. The predicted molar refractivity (Wildman–Crippen MR) is 129 cm³/mol. The molecule has 0 amide bonds. The van der Waals surface area contributed by atoms with Crippen molar-refractivity contribution in [2.75, 3.05) is 19.7 Å². The molecule has 0 aromatic carbocycles. The van der Waals surface area contributed by atoms with E-state index in [0.29, 0.717) is 6.04 Å². The van der Waals surface area contributed by atoms with Gasteiger partial charge in [-0.1, -0.05) is 104 Å². The summed E-state index contributed by atoms with van der Waals surface area (Å²) < 4.78 is 5.98. The van der Waals surface area contributed by atoms with Gasteiger partial charge in [-0.05, 0) is 32.4 Å². The van der Waals surface area contributed by atoms with Crippen LogP contribution < -0.4 is 0 Å². The van der Waals surface area contributed by atoms with E-state index in [1.165, 1.54) is 116 Å². The Morgan fingerprint density at radius 1 is 0.724 bits per heavy atom. The van der Waals surface area contributed by atoms with Crippen LogP contribution in [-0.2, 0) is 4.74 Å². The van der Waals surface area contributed by atoms with Crippen molar-refractivity contribution in [3.8, 4) is 0 Å². The second kappa shape index (κ2) is 18.7. The van der Waals surface area contributed by atoms with Gasteiger partial charge in [0, 0.05) is 12.0 Å². The van der Waals surface area contributed by atoms with Gasteiger partial charge in [-0.15, -0.1) is 0 Å². The molecule has 29 heavy (non-hydrogen) atoms. The minimum Gasteiger partial charge on any atom is -0.394 e. The summed E-state index contributed by atoms with van der Waals surface area (Å²) in [6, 6.07) is 0.709. The molecule has 1 fully saturated rings. The van der Waals surface area contributed by atoms with Crippen molar-refractivity contribution in [3.63, 3.8) is 0 Å². The highest BCUT2D eigenvalue weighted by atomic mass is 16.5. The Hall–Kier alpha value is -0.0551. The van der Waals surface area contributed by atoms with E-state index in [4.69, 9.17) is 4.74 Å². The van der Waals surface area contributed by atoms with Gasteiger partial charge in [-0.2, -0.15) is 0 Å². The van der Waals surface area contributed by atoms with E-state index in [2.05, 4.69) is 26.6 Å². The standard InChI is InChI=1S/C25H52BNO2/c1-3-5-7-9-11-13-15-17-19-27(23-21-25(26)29-24(23)22-28)20-18-16-14-12-10-8-6-4-2/h23-25,28H,3-22,26H2,1-2H3/t23?,24-,25-/m1/s1. The van der Waals surface area contributed by atoms with Gasteiger partial charge in [0.25, 0.3) is 0 Å². The zero-order valence-corrected chi connectivity index (χ0v) is 20.2. The predicted octanol–water partition coefficient (Wildman–Crippen LogP) is 5.68. The SMILES string of the molecule is B[C@H]1CC(N(CCCCCCCCCC)CCCCCCCCCC)[C@@H](CO)O1. The number of aliphatic hydroxyl groups excluding tert-OH is 1. The number of ether oxygens (including phenoxy) is 1. The second-order valence-corrected chi connectivity index (χ2v) is 9.46. The number of nitrogens with zero attached hydrogens (tertiary/aromatic N) is 1. The van der Waals surface area contributed by atoms with E-state index in [9.17, 15) is 5.11 Å². The molecule has 0 aliphatic carbocycles. The molecule has 3 nitrogen and oxygen atoms in total. The Balaban J connectivity index is 2.27. The van der Waals surface area contributed by atoms with Crippen molar-refractivity contribution in [3.05, 3.63) is 0 Å². The molecule has 172 valence electrons. The molecule has 1 aliphatic rings. The molecular weight excluding hydrogens is 357 g/mol. The highest BCUT2D eigenvalue weighted by Crippen LogP contribution is 2.25. The average molecular weight is 410 g/mol. The first-order valence-corrected chi connectivity index (χ1v) is 13.2. The van der Waals surface area contributed by atoms with Crippen LogP contribution in [-0.4, -0.2) is 55.7 Å². The molecule has 1 saturated heterocycles. The quantitative estimate of drug-likeness (QED) is 0.207. The summed E-state index contributed by atoms with van der Waals surface area (Å²) in [6.07, 6.45) is 23.1. The lowest BCUT2D eigenvalue weighted by Crippen LogP contribution is -2.43. The summed E-state index contributed by atoms with van der Waals surface area (Å²) in [5, 5.41) is 9.78. The van der Waals surface area contributed by atoms with Crippen LogP contribution in [0, 0.1) is 0 Å². The maximum absolute atomic E-state index is 9.78. The minimum absolute atomic E-state index is 0.0214. The van der Waals surface area contributed by atoms with Gasteiger partial charge in [-0.3, -0.25) is 4.90 Å². The molecule has 1 aliphatic heterocycles. The zero-order valence-electron chi connectivity index (χ0n) is 20.2. The van der Waals surface area contributed by atoms with Crippen LogP contribution in [0.3, 0.4) is 0 Å². The Bertz CT molecular complexity index is 336. The van der Waals surface area contributed by atoms with E-state index >= 15 is 0 Å². The van der Waals surface area contributed by atoms with Gasteiger partial charge in [0.2, 0.25) is 0 Å². The fraction of sp³-hybridized carbons (Fsp3) is 1.00. The van der Waals surface area contributed by atoms with Crippen LogP contribution in [0.1, 0.15) is 123 Å². The van der Waals surface area contributed by atoms with Crippen molar-refractivity contribution in [2.24, 2.45) is 0 Å². The van der Waals surface area contributed by atoms with Gasteiger partial charge >= 0.3 is 0 Å². The summed E-state index contributed by atoms with van der Waals surface area (Å²) in [7, 11) is 2.16. The van der Waals surface area contributed by atoms with Gasteiger partial charge in [0.15, 0.2) is 0 Å². The van der Waals surface area contributed by atoms with Crippen molar-refractivity contribution in [1.29, 1.82) is 0 Å². The maximum atomic E-state index is 9.78. The molecule has 0 radical (unpaired) electrons. The summed E-state index contributed by atoms with van der Waals surface area (Å²) in [6.45, 7) is 7.11. The number of aliphatic hydroxyl groups is 1.